The molecule has 1 aromatic carbocycles. The van der Waals surface area contributed by atoms with E-state index in [4.69, 9.17) is 17.0 Å². The van der Waals surface area contributed by atoms with Gasteiger partial charge in [0, 0.05) is 25.4 Å². The quantitative estimate of drug-likeness (QED) is 0.593. The van der Waals surface area contributed by atoms with Crippen LogP contribution in [0.5, 0.6) is 0 Å². The van der Waals surface area contributed by atoms with Crippen LogP contribution in [0.15, 0.2) is 18.2 Å². The second kappa shape index (κ2) is 8.88. The Morgan fingerprint density at radius 2 is 2.11 bits per heavy atom. The van der Waals surface area contributed by atoms with E-state index in [9.17, 15) is 0 Å². The number of thiocarbonyl (C=S) groups is 1. The Balaban J connectivity index is 2.44. The summed E-state index contributed by atoms with van der Waals surface area (Å²) in [5, 5.41) is 7.19. The predicted octanol–water partition coefficient (Wildman–Crippen LogP) is 3.27. The van der Waals surface area contributed by atoms with Gasteiger partial charge in [-0.1, -0.05) is 25.1 Å². The fourth-order valence-corrected chi connectivity index (χ4v) is 2.08. The van der Waals surface area contributed by atoms with E-state index < -0.39 is 0 Å². The second-order valence-corrected chi connectivity index (χ2v) is 4.80. The van der Waals surface area contributed by atoms with Gasteiger partial charge in [0.2, 0.25) is 0 Å². The summed E-state index contributed by atoms with van der Waals surface area (Å²) >= 11 is 5.32. The molecule has 0 atom stereocenters. The Bertz CT molecular complexity index is 407. The average molecular weight is 280 g/mol. The maximum absolute atomic E-state index is 5.32. The molecule has 1 rings (SSSR count). The monoisotopic (exact) mass is 280 g/mol. The Morgan fingerprint density at radius 1 is 1.32 bits per heavy atom. The first-order chi connectivity index (χ1) is 9.19. The average Bonchev–Trinajstić information content (AvgIpc) is 2.41. The molecule has 0 heterocycles. The first kappa shape index (κ1) is 15.9. The summed E-state index contributed by atoms with van der Waals surface area (Å²) in [6.07, 6.45) is 1.96. The van der Waals surface area contributed by atoms with Crippen LogP contribution in [0.3, 0.4) is 0 Å². The van der Waals surface area contributed by atoms with Gasteiger partial charge in [-0.15, -0.1) is 0 Å². The minimum atomic E-state index is 0.681. The highest BCUT2D eigenvalue weighted by molar-refractivity contribution is 7.80. The number of anilines is 1. The highest BCUT2D eigenvalue weighted by atomic mass is 32.1. The van der Waals surface area contributed by atoms with E-state index >= 15 is 0 Å². The van der Waals surface area contributed by atoms with E-state index in [1.54, 1.807) is 0 Å². The molecule has 3 nitrogen and oxygen atoms in total. The van der Waals surface area contributed by atoms with E-state index in [0.717, 1.165) is 38.3 Å². The lowest BCUT2D eigenvalue weighted by Gasteiger charge is -2.15. The van der Waals surface area contributed by atoms with E-state index in [2.05, 4.69) is 42.7 Å². The van der Waals surface area contributed by atoms with Crippen molar-refractivity contribution in [3.8, 4) is 0 Å². The van der Waals surface area contributed by atoms with Crippen LogP contribution in [-0.4, -0.2) is 24.9 Å². The molecule has 4 heteroatoms. The topological polar surface area (TPSA) is 33.3 Å². The molecule has 0 saturated heterocycles. The number of hydrogen-bond donors (Lipinski definition) is 2. The van der Waals surface area contributed by atoms with Crippen molar-refractivity contribution in [1.82, 2.24) is 5.32 Å². The zero-order valence-electron chi connectivity index (χ0n) is 12.1. The molecule has 0 saturated carbocycles. The zero-order valence-corrected chi connectivity index (χ0v) is 12.9. The summed E-state index contributed by atoms with van der Waals surface area (Å²) in [5.41, 5.74) is 3.64. The first-order valence-corrected chi connectivity index (χ1v) is 7.31. The molecule has 0 aliphatic rings. The second-order valence-electron chi connectivity index (χ2n) is 4.39. The van der Waals surface area contributed by atoms with E-state index in [-0.39, 0.29) is 0 Å². The smallest absolute Gasteiger partial charge is 0.170 e. The summed E-state index contributed by atoms with van der Waals surface area (Å²) in [4.78, 5) is 0. The van der Waals surface area contributed by atoms with Crippen molar-refractivity contribution in [2.45, 2.75) is 33.6 Å². The lowest BCUT2D eigenvalue weighted by atomic mass is 10.1. The van der Waals surface area contributed by atoms with Crippen LogP contribution in [0.1, 0.15) is 31.4 Å². The normalized spacial score (nSPS) is 10.3. The lowest BCUT2D eigenvalue weighted by molar-refractivity contribution is 0.146. The van der Waals surface area contributed by atoms with Crippen LogP contribution in [0.2, 0.25) is 0 Å². The van der Waals surface area contributed by atoms with Crippen LogP contribution < -0.4 is 10.6 Å². The van der Waals surface area contributed by atoms with Gasteiger partial charge in [0.05, 0.1) is 0 Å². The minimum absolute atomic E-state index is 0.681. The summed E-state index contributed by atoms with van der Waals surface area (Å²) in [7, 11) is 0. The standard InChI is InChI=1S/C15H24N2OS/c1-4-13-9-6-8-12(3)14(13)17-15(19)16-10-7-11-18-5-2/h6,8-9H,4-5,7,10-11H2,1-3H3,(H2,16,17,19). The molecule has 2 N–H and O–H groups in total. The van der Waals surface area contributed by atoms with Gasteiger partial charge in [-0.05, 0) is 50.0 Å². The third-order valence-corrected chi connectivity index (χ3v) is 3.18. The molecule has 106 valence electrons. The number of para-hydroxylation sites is 1. The van der Waals surface area contributed by atoms with Crippen LogP contribution >= 0.6 is 12.2 Å². The van der Waals surface area contributed by atoms with Gasteiger partial charge in [0.25, 0.3) is 0 Å². The number of ether oxygens (including phenoxy) is 1. The van der Waals surface area contributed by atoms with Gasteiger partial charge < -0.3 is 15.4 Å². The highest BCUT2D eigenvalue weighted by Gasteiger charge is 2.05. The number of rotatable bonds is 7. The summed E-state index contributed by atoms with van der Waals surface area (Å²) in [5.74, 6) is 0. The Kier molecular flexibility index (Phi) is 7.45. The number of aryl methyl sites for hydroxylation is 2. The molecule has 0 fully saturated rings. The van der Waals surface area contributed by atoms with E-state index in [1.165, 1.54) is 11.1 Å². The molecule has 19 heavy (non-hydrogen) atoms. The van der Waals surface area contributed by atoms with Crippen LogP contribution in [0, 0.1) is 6.92 Å². The lowest BCUT2D eigenvalue weighted by Crippen LogP contribution is -2.30. The summed E-state index contributed by atoms with van der Waals surface area (Å²) in [6, 6.07) is 6.31. The Labute approximate surface area is 121 Å². The molecule has 0 bridgehead atoms. The molecule has 0 aliphatic carbocycles. The number of hydrogen-bond acceptors (Lipinski definition) is 2. The van der Waals surface area contributed by atoms with Gasteiger partial charge in [-0.3, -0.25) is 0 Å². The van der Waals surface area contributed by atoms with Crippen molar-refractivity contribution in [2.75, 3.05) is 25.1 Å². The van der Waals surface area contributed by atoms with Gasteiger partial charge in [0.15, 0.2) is 5.11 Å². The third-order valence-electron chi connectivity index (χ3n) is 2.93. The summed E-state index contributed by atoms with van der Waals surface area (Å²) < 4.78 is 5.29. The number of nitrogens with one attached hydrogen (secondary N) is 2. The van der Waals surface area contributed by atoms with Crippen molar-refractivity contribution in [2.24, 2.45) is 0 Å². The fraction of sp³-hybridized carbons (Fsp3) is 0.533. The van der Waals surface area contributed by atoms with Crippen molar-refractivity contribution in [3.63, 3.8) is 0 Å². The molecular formula is C15H24N2OS. The van der Waals surface area contributed by atoms with Gasteiger partial charge in [-0.25, -0.2) is 0 Å². The van der Waals surface area contributed by atoms with Crippen molar-refractivity contribution in [1.29, 1.82) is 0 Å². The van der Waals surface area contributed by atoms with Crippen LogP contribution in [0.4, 0.5) is 5.69 Å². The molecule has 0 aliphatic heterocycles. The van der Waals surface area contributed by atoms with E-state index in [1.807, 2.05) is 6.92 Å². The maximum atomic E-state index is 5.32. The van der Waals surface area contributed by atoms with Crippen LogP contribution in [0.25, 0.3) is 0 Å². The highest BCUT2D eigenvalue weighted by Crippen LogP contribution is 2.20. The van der Waals surface area contributed by atoms with Crippen LogP contribution in [-0.2, 0) is 11.2 Å². The minimum Gasteiger partial charge on any atom is -0.382 e. The zero-order chi connectivity index (χ0) is 14.1. The molecule has 0 unspecified atom stereocenters. The number of benzene rings is 1. The molecule has 0 aromatic heterocycles. The SMILES string of the molecule is CCOCCCNC(=S)Nc1c(C)cccc1CC. The van der Waals surface area contributed by atoms with E-state index in [0.29, 0.717) is 5.11 Å². The van der Waals surface area contributed by atoms with Gasteiger partial charge in [-0.2, -0.15) is 0 Å². The molecule has 0 spiro atoms. The molecule has 0 radical (unpaired) electrons. The Hall–Kier alpha value is -1.13. The third kappa shape index (κ3) is 5.57. The fourth-order valence-electron chi connectivity index (χ4n) is 1.88. The molecular weight excluding hydrogens is 256 g/mol. The Morgan fingerprint density at radius 3 is 2.79 bits per heavy atom. The van der Waals surface area contributed by atoms with Gasteiger partial charge >= 0.3 is 0 Å². The van der Waals surface area contributed by atoms with Crippen molar-refractivity contribution in [3.05, 3.63) is 29.3 Å². The molecule has 0 amide bonds. The first-order valence-electron chi connectivity index (χ1n) is 6.90. The van der Waals surface area contributed by atoms with Crippen molar-refractivity contribution >= 4 is 23.0 Å². The maximum Gasteiger partial charge on any atom is 0.170 e. The van der Waals surface area contributed by atoms with Crippen molar-refractivity contribution < 1.29 is 4.74 Å². The largest absolute Gasteiger partial charge is 0.382 e. The van der Waals surface area contributed by atoms with Gasteiger partial charge in [0.1, 0.15) is 0 Å². The predicted molar refractivity (Wildman–Crippen MR) is 85.9 cm³/mol. The summed E-state index contributed by atoms with van der Waals surface area (Å²) in [6.45, 7) is 8.63. The molecule has 1 aromatic rings.